The monoisotopic (exact) mass is 202 g/mol. The molecule has 0 bridgehead atoms. The van der Waals surface area contributed by atoms with Gasteiger partial charge < -0.3 is 4.90 Å². The summed E-state index contributed by atoms with van der Waals surface area (Å²) in [5.74, 6) is -0.0191. The van der Waals surface area contributed by atoms with Gasteiger partial charge in [0, 0.05) is 32.1 Å². The van der Waals surface area contributed by atoms with Gasteiger partial charge in [0.2, 0.25) is 0 Å². The van der Waals surface area contributed by atoms with Gasteiger partial charge in [-0.25, -0.2) is 0 Å². The molecule has 4 nitrogen and oxygen atoms in total. The maximum Gasteiger partial charge on any atom is 0.253 e. The number of aromatic nitrogens is 2. The second-order valence-corrected chi connectivity index (χ2v) is 3.66. The lowest BCUT2D eigenvalue weighted by atomic mass is 10.1. The number of carbonyl (C=O) groups is 1. The van der Waals surface area contributed by atoms with Gasteiger partial charge in [0.25, 0.3) is 5.91 Å². The summed E-state index contributed by atoms with van der Waals surface area (Å²) >= 11 is 0. The number of hydrogen-bond donors (Lipinski definition) is 0. The zero-order valence-corrected chi connectivity index (χ0v) is 8.98. The van der Waals surface area contributed by atoms with Crippen LogP contribution in [-0.4, -0.2) is 34.7 Å². The molecule has 1 amide bonds. The third kappa shape index (κ3) is 1.58. The Bertz CT molecular complexity index is 514. The zero-order valence-electron chi connectivity index (χ0n) is 8.98. The van der Waals surface area contributed by atoms with E-state index in [-0.39, 0.29) is 5.91 Å². The Hall–Kier alpha value is -1.84. The van der Waals surface area contributed by atoms with Crippen LogP contribution in [0.25, 0.3) is 10.9 Å². The van der Waals surface area contributed by atoms with E-state index in [1.165, 1.54) is 0 Å². The van der Waals surface area contributed by atoms with Crippen LogP contribution < -0.4 is 0 Å². The molecular formula is C11H12N3O. The first-order valence-corrected chi connectivity index (χ1v) is 4.64. The van der Waals surface area contributed by atoms with E-state index in [0.717, 1.165) is 10.9 Å². The molecule has 4 heteroatoms. The Kier molecular flexibility index (Phi) is 2.19. The summed E-state index contributed by atoms with van der Waals surface area (Å²) in [6.07, 6.45) is 1.74. The van der Waals surface area contributed by atoms with E-state index in [1.807, 2.05) is 13.1 Å². The molecule has 15 heavy (non-hydrogen) atoms. The predicted molar refractivity (Wildman–Crippen MR) is 57.6 cm³/mol. The highest BCUT2D eigenvalue weighted by Gasteiger charge is 2.09. The number of benzene rings is 1. The fraction of sp³-hybridized carbons (Fsp3) is 0.273. The number of hydrogen-bond acceptors (Lipinski definition) is 2. The van der Waals surface area contributed by atoms with Crippen LogP contribution in [0.2, 0.25) is 0 Å². The molecule has 0 aliphatic rings. The summed E-state index contributed by atoms with van der Waals surface area (Å²) in [7, 11) is 5.31. The molecule has 0 N–H and O–H groups in total. The maximum absolute atomic E-state index is 11.7. The largest absolute Gasteiger partial charge is 0.345 e. The molecule has 0 fully saturated rings. The SMILES string of the molecule is CN(C)C(=O)c1c[c]c2cnn(C)c2c1. The van der Waals surface area contributed by atoms with E-state index in [0.29, 0.717) is 5.56 Å². The van der Waals surface area contributed by atoms with E-state index in [1.54, 1.807) is 35.9 Å². The molecule has 0 atom stereocenters. The van der Waals surface area contributed by atoms with Crippen molar-refractivity contribution in [3.8, 4) is 0 Å². The van der Waals surface area contributed by atoms with Crippen molar-refractivity contribution in [1.82, 2.24) is 14.7 Å². The fourth-order valence-electron chi connectivity index (χ4n) is 1.46. The molecule has 1 aromatic carbocycles. The van der Waals surface area contributed by atoms with Gasteiger partial charge >= 0.3 is 0 Å². The molecule has 1 radical (unpaired) electrons. The highest BCUT2D eigenvalue weighted by Crippen LogP contribution is 2.14. The third-order valence-corrected chi connectivity index (χ3v) is 2.31. The average Bonchev–Trinajstić information content (AvgIpc) is 2.59. The summed E-state index contributed by atoms with van der Waals surface area (Å²) in [4.78, 5) is 13.2. The van der Waals surface area contributed by atoms with E-state index in [2.05, 4.69) is 11.2 Å². The highest BCUT2D eigenvalue weighted by molar-refractivity contribution is 5.97. The molecule has 0 aliphatic carbocycles. The van der Waals surface area contributed by atoms with Crippen LogP contribution in [0.5, 0.6) is 0 Å². The first-order valence-electron chi connectivity index (χ1n) is 4.64. The molecule has 0 spiro atoms. The predicted octanol–water partition coefficient (Wildman–Crippen LogP) is 1.08. The van der Waals surface area contributed by atoms with Crippen molar-refractivity contribution in [3.63, 3.8) is 0 Å². The van der Waals surface area contributed by atoms with Crippen LogP contribution in [0, 0.1) is 6.07 Å². The molecule has 77 valence electrons. The maximum atomic E-state index is 11.7. The minimum absolute atomic E-state index is 0.0191. The van der Waals surface area contributed by atoms with Crippen LogP contribution in [0.1, 0.15) is 10.4 Å². The van der Waals surface area contributed by atoms with Gasteiger partial charge in [-0.3, -0.25) is 9.48 Å². The van der Waals surface area contributed by atoms with Gasteiger partial charge in [-0.05, 0) is 18.2 Å². The molecule has 1 aromatic heterocycles. The van der Waals surface area contributed by atoms with E-state index >= 15 is 0 Å². The smallest absolute Gasteiger partial charge is 0.253 e. The lowest BCUT2D eigenvalue weighted by molar-refractivity contribution is 0.0827. The Balaban J connectivity index is 2.55. The molecule has 0 unspecified atom stereocenters. The topological polar surface area (TPSA) is 38.1 Å². The van der Waals surface area contributed by atoms with E-state index < -0.39 is 0 Å². The van der Waals surface area contributed by atoms with Crippen LogP contribution in [-0.2, 0) is 7.05 Å². The standard InChI is InChI=1S/C11H12N3O/c1-13(2)11(15)8-4-5-9-7-12-14(3)10(9)6-8/h4,6-7H,1-3H3. The second-order valence-electron chi connectivity index (χ2n) is 3.66. The van der Waals surface area contributed by atoms with Crippen LogP contribution in [0.4, 0.5) is 0 Å². The number of fused-ring (bicyclic) bond motifs is 1. The van der Waals surface area contributed by atoms with Crippen molar-refractivity contribution in [1.29, 1.82) is 0 Å². The number of rotatable bonds is 1. The van der Waals surface area contributed by atoms with Crippen molar-refractivity contribution in [2.45, 2.75) is 0 Å². The van der Waals surface area contributed by atoms with Gasteiger partial charge in [-0.2, -0.15) is 5.10 Å². The molecule has 0 aliphatic heterocycles. The van der Waals surface area contributed by atoms with Crippen LogP contribution in [0.3, 0.4) is 0 Å². The number of amides is 1. The molecule has 2 rings (SSSR count). The van der Waals surface area contributed by atoms with Gasteiger partial charge in [-0.1, -0.05) is 0 Å². The van der Waals surface area contributed by atoms with Gasteiger partial charge in [0.1, 0.15) is 0 Å². The summed E-state index contributed by atoms with van der Waals surface area (Å²) in [6.45, 7) is 0. The Morgan fingerprint density at radius 3 is 2.93 bits per heavy atom. The lowest BCUT2D eigenvalue weighted by Crippen LogP contribution is -2.21. The van der Waals surface area contributed by atoms with Crippen molar-refractivity contribution in [2.75, 3.05) is 14.1 Å². The quantitative estimate of drug-likeness (QED) is 0.694. The Labute approximate surface area is 88.1 Å². The summed E-state index contributed by atoms with van der Waals surface area (Å²) in [5, 5.41) is 5.03. The summed E-state index contributed by atoms with van der Waals surface area (Å²) in [6, 6.07) is 6.58. The molecule has 1 heterocycles. The number of carbonyl (C=O) groups excluding carboxylic acids is 1. The normalized spacial score (nSPS) is 10.6. The van der Waals surface area contributed by atoms with E-state index in [9.17, 15) is 4.79 Å². The van der Waals surface area contributed by atoms with Crippen LogP contribution >= 0.6 is 0 Å². The molecule has 2 aromatic rings. The lowest BCUT2D eigenvalue weighted by Gasteiger charge is -2.09. The van der Waals surface area contributed by atoms with Gasteiger partial charge in [0.15, 0.2) is 0 Å². The Morgan fingerprint density at radius 2 is 2.27 bits per heavy atom. The fourth-order valence-corrected chi connectivity index (χ4v) is 1.46. The minimum atomic E-state index is -0.0191. The van der Waals surface area contributed by atoms with Crippen molar-refractivity contribution in [3.05, 3.63) is 30.0 Å². The minimum Gasteiger partial charge on any atom is -0.345 e. The van der Waals surface area contributed by atoms with Gasteiger partial charge in [-0.15, -0.1) is 0 Å². The van der Waals surface area contributed by atoms with E-state index in [4.69, 9.17) is 0 Å². The molecule has 0 saturated heterocycles. The second kappa shape index (κ2) is 3.38. The molecule has 0 saturated carbocycles. The third-order valence-electron chi connectivity index (χ3n) is 2.31. The van der Waals surface area contributed by atoms with Crippen molar-refractivity contribution < 1.29 is 4.79 Å². The first kappa shape index (κ1) is 9.71. The van der Waals surface area contributed by atoms with Gasteiger partial charge in [0.05, 0.1) is 11.7 Å². The molecular weight excluding hydrogens is 190 g/mol. The van der Waals surface area contributed by atoms with Crippen LogP contribution in [0.15, 0.2) is 18.3 Å². The summed E-state index contributed by atoms with van der Waals surface area (Å²) in [5.41, 5.74) is 1.55. The number of nitrogens with zero attached hydrogens (tertiary/aromatic N) is 3. The summed E-state index contributed by atoms with van der Waals surface area (Å²) < 4.78 is 1.73. The Morgan fingerprint density at radius 1 is 1.53 bits per heavy atom. The first-order chi connectivity index (χ1) is 7.09. The van der Waals surface area contributed by atoms with Crippen molar-refractivity contribution in [2.24, 2.45) is 7.05 Å². The number of aryl methyl sites for hydroxylation is 1. The zero-order chi connectivity index (χ0) is 11.0. The average molecular weight is 202 g/mol. The highest BCUT2D eigenvalue weighted by atomic mass is 16.2. The van der Waals surface area contributed by atoms with Crippen molar-refractivity contribution >= 4 is 16.8 Å².